The maximum absolute atomic E-state index is 11.4. The smallest absolute Gasteiger partial charge is 0.182 e. The number of aromatic nitrogens is 2. The maximum atomic E-state index is 11.4. The minimum Gasteiger partial charge on any atom is -0.298 e. The number of aryl methyl sites for hydroxylation is 1. The van der Waals surface area contributed by atoms with Gasteiger partial charge < -0.3 is 0 Å². The van der Waals surface area contributed by atoms with Crippen LogP contribution in [0.5, 0.6) is 0 Å². The second kappa shape index (κ2) is 2.71. The van der Waals surface area contributed by atoms with Crippen LogP contribution in [0.25, 0.3) is 0 Å². The van der Waals surface area contributed by atoms with E-state index in [4.69, 9.17) is 0 Å². The summed E-state index contributed by atoms with van der Waals surface area (Å²) in [6.45, 7) is 3.30. The van der Waals surface area contributed by atoms with Crippen LogP contribution in [0.2, 0.25) is 0 Å². The van der Waals surface area contributed by atoms with Gasteiger partial charge in [-0.1, -0.05) is 0 Å². The maximum Gasteiger partial charge on any atom is 0.182 e. The number of Topliss-reactive ketones (excluding diaryl/α,β-unsaturated/α-hetero) is 1. The van der Waals surface area contributed by atoms with Crippen molar-refractivity contribution in [2.24, 2.45) is 0 Å². The number of carbonyl (C=O) groups excluding carboxylic acids is 1. The Morgan fingerprint density at radius 2 is 2.50 bits per heavy atom. The largest absolute Gasteiger partial charge is 0.298 e. The van der Waals surface area contributed by atoms with Crippen LogP contribution in [0.1, 0.15) is 22.6 Å². The molecule has 1 aliphatic rings. The summed E-state index contributed by atoms with van der Waals surface area (Å²) in [7, 11) is 0. The van der Waals surface area contributed by atoms with Crippen LogP contribution >= 0.6 is 0 Å². The lowest BCUT2D eigenvalue weighted by Gasteiger charge is -1.99. The van der Waals surface area contributed by atoms with Crippen molar-refractivity contribution in [3.63, 3.8) is 0 Å². The van der Waals surface area contributed by atoms with Gasteiger partial charge in [0.05, 0.1) is 12.4 Å². The van der Waals surface area contributed by atoms with Gasteiger partial charge in [-0.3, -0.25) is 10.1 Å². The second-order valence-corrected chi connectivity index (χ2v) is 3.00. The molecular weight excluding hydrogens is 154 g/mol. The molecule has 1 aromatic heterocycles. The molecule has 12 heavy (non-hydrogen) atoms. The Morgan fingerprint density at radius 3 is 3.33 bits per heavy atom. The first-order valence-corrected chi connectivity index (χ1v) is 4.06. The highest BCUT2D eigenvalue weighted by Gasteiger charge is 2.15. The number of carbonyl (C=O) groups is 1. The van der Waals surface area contributed by atoms with Crippen molar-refractivity contribution in [3.8, 4) is 0 Å². The van der Waals surface area contributed by atoms with Gasteiger partial charge >= 0.3 is 0 Å². The summed E-state index contributed by atoms with van der Waals surface area (Å²) in [6.07, 6.45) is 0.575. The highest BCUT2D eigenvalue weighted by Crippen LogP contribution is 2.08. The Morgan fingerprint density at radius 1 is 1.67 bits per heavy atom. The van der Waals surface area contributed by atoms with E-state index in [0.717, 1.165) is 17.9 Å². The van der Waals surface area contributed by atoms with E-state index < -0.39 is 0 Å². The van der Waals surface area contributed by atoms with Gasteiger partial charge in [0.2, 0.25) is 0 Å². The number of hydrogen-bond acceptors (Lipinski definition) is 3. The van der Waals surface area contributed by atoms with Crippen molar-refractivity contribution >= 4 is 5.78 Å². The third-order valence-electron chi connectivity index (χ3n) is 1.98. The van der Waals surface area contributed by atoms with E-state index in [1.807, 2.05) is 13.0 Å². The predicted octanol–water partition coefficient (Wildman–Crippen LogP) is 0.325. The summed E-state index contributed by atoms with van der Waals surface area (Å²) in [5.41, 5.74) is 1.64. The molecule has 1 aromatic rings. The van der Waals surface area contributed by atoms with Crippen LogP contribution in [0.4, 0.5) is 0 Å². The van der Waals surface area contributed by atoms with E-state index in [-0.39, 0.29) is 5.78 Å². The zero-order valence-corrected chi connectivity index (χ0v) is 7.00. The molecule has 0 spiro atoms. The van der Waals surface area contributed by atoms with Crippen molar-refractivity contribution < 1.29 is 4.79 Å². The Balaban J connectivity index is 2.44. The molecule has 4 nitrogen and oxygen atoms in total. The molecule has 4 heteroatoms. The Labute approximate surface area is 70.6 Å². The molecule has 0 bridgehead atoms. The van der Waals surface area contributed by atoms with Crippen molar-refractivity contribution in [1.29, 1.82) is 0 Å². The van der Waals surface area contributed by atoms with Crippen molar-refractivity contribution in [1.82, 2.24) is 15.1 Å². The molecule has 2 rings (SSSR count). The number of hydrogen-bond donors (Lipinski definition) is 1. The molecule has 0 fully saturated rings. The first kappa shape index (κ1) is 7.49. The average Bonchev–Trinajstić information content (AvgIpc) is 2.33. The normalized spacial score (nSPS) is 17.2. The minimum atomic E-state index is 0.181. The number of rotatable bonds is 0. The molecule has 0 aromatic carbocycles. The van der Waals surface area contributed by atoms with Crippen LogP contribution < -0.4 is 5.32 Å². The zero-order chi connectivity index (χ0) is 8.55. The molecule has 0 amide bonds. The topological polar surface area (TPSA) is 46.9 Å². The number of ketones is 1. The molecule has 2 heterocycles. The fourth-order valence-corrected chi connectivity index (χ4v) is 1.41. The summed E-state index contributed by atoms with van der Waals surface area (Å²) < 4.78 is 1.73. The number of nitrogens with one attached hydrogen (secondary N) is 1. The highest BCUT2D eigenvalue weighted by molar-refractivity contribution is 5.94. The standard InChI is InChI=1S/C8H11N3O/c1-6-4-7-8(12)2-3-9-5-11(7)10-6/h4,9H,2-3,5H2,1H3. The molecule has 0 aliphatic carbocycles. The van der Waals surface area contributed by atoms with E-state index in [1.54, 1.807) is 4.68 Å². The van der Waals surface area contributed by atoms with Gasteiger partial charge in [-0.2, -0.15) is 5.10 Å². The SMILES string of the molecule is Cc1cc2n(n1)CNCCC2=O. The fraction of sp³-hybridized carbons (Fsp3) is 0.500. The first-order valence-electron chi connectivity index (χ1n) is 4.06. The monoisotopic (exact) mass is 165 g/mol. The molecule has 0 radical (unpaired) electrons. The highest BCUT2D eigenvalue weighted by atomic mass is 16.1. The van der Waals surface area contributed by atoms with E-state index >= 15 is 0 Å². The van der Waals surface area contributed by atoms with Crippen LogP contribution in [0.3, 0.4) is 0 Å². The molecule has 0 saturated heterocycles. The van der Waals surface area contributed by atoms with Gasteiger partial charge in [-0.25, -0.2) is 4.68 Å². The van der Waals surface area contributed by atoms with E-state index in [2.05, 4.69) is 10.4 Å². The lowest BCUT2D eigenvalue weighted by molar-refractivity contribution is 0.0980. The van der Waals surface area contributed by atoms with E-state index in [1.165, 1.54) is 0 Å². The van der Waals surface area contributed by atoms with Gasteiger partial charge in [0, 0.05) is 13.0 Å². The minimum absolute atomic E-state index is 0.181. The molecule has 64 valence electrons. The van der Waals surface area contributed by atoms with Crippen LogP contribution in [-0.4, -0.2) is 22.1 Å². The molecule has 1 aliphatic heterocycles. The van der Waals surface area contributed by atoms with Gasteiger partial charge in [0.15, 0.2) is 5.78 Å². The predicted molar refractivity (Wildman–Crippen MR) is 43.9 cm³/mol. The second-order valence-electron chi connectivity index (χ2n) is 3.00. The first-order chi connectivity index (χ1) is 5.77. The van der Waals surface area contributed by atoms with Crippen molar-refractivity contribution in [3.05, 3.63) is 17.5 Å². The van der Waals surface area contributed by atoms with Crippen LogP contribution in [0, 0.1) is 6.92 Å². The third-order valence-corrected chi connectivity index (χ3v) is 1.98. The van der Waals surface area contributed by atoms with Gasteiger partial charge in [0.25, 0.3) is 0 Å². The lowest BCUT2D eigenvalue weighted by Crippen LogP contribution is -2.17. The lowest BCUT2D eigenvalue weighted by atomic mass is 10.2. The van der Waals surface area contributed by atoms with E-state index in [9.17, 15) is 4.79 Å². The molecular formula is C8H11N3O. The quantitative estimate of drug-likeness (QED) is 0.602. The third kappa shape index (κ3) is 1.14. The van der Waals surface area contributed by atoms with Gasteiger partial charge in [-0.05, 0) is 13.0 Å². The zero-order valence-electron chi connectivity index (χ0n) is 7.00. The summed E-state index contributed by atoms with van der Waals surface area (Å²) in [5.74, 6) is 0.181. The summed E-state index contributed by atoms with van der Waals surface area (Å²) in [5, 5.41) is 7.32. The Bertz CT molecular complexity index is 316. The Hall–Kier alpha value is -1.16. The summed E-state index contributed by atoms with van der Waals surface area (Å²) in [6, 6.07) is 1.84. The van der Waals surface area contributed by atoms with Crippen LogP contribution in [0.15, 0.2) is 6.07 Å². The van der Waals surface area contributed by atoms with Gasteiger partial charge in [0.1, 0.15) is 5.69 Å². The molecule has 1 N–H and O–H groups in total. The van der Waals surface area contributed by atoms with Gasteiger partial charge in [-0.15, -0.1) is 0 Å². The molecule has 0 unspecified atom stereocenters. The van der Waals surface area contributed by atoms with Crippen molar-refractivity contribution in [2.45, 2.75) is 20.0 Å². The number of fused-ring (bicyclic) bond motifs is 1. The molecule has 0 atom stereocenters. The van der Waals surface area contributed by atoms with Crippen molar-refractivity contribution in [2.75, 3.05) is 6.54 Å². The molecule has 0 saturated carbocycles. The fourth-order valence-electron chi connectivity index (χ4n) is 1.41. The Kier molecular flexibility index (Phi) is 1.69. The van der Waals surface area contributed by atoms with Crippen LogP contribution in [-0.2, 0) is 6.67 Å². The average molecular weight is 165 g/mol. The summed E-state index contributed by atoms with van der Waals surface area (Å²) >= 11 is 0. The van der Waals surface area contributed by atoms with E-state index in [0.29, 0.717) is 13.1 Å². The summed E-state index contributed by atoms with van der Waals surface area (Å²) in [4.78, 5) is 11.4. The number of nitrogens with zero attached hydrogens (tertiary/aromatic N) is 2.